The Morgan fingerprint density at radius 1 is 1.09 bits per heavy atom. The first-order valence-corrected chi connectivity index (χ1v) is 7.38. The Labute approximate surface area is 146 Å². The Bertz CT molecular complexity index is 807. The summed E-state index contributed by atoms with van der Waals surface area (Å²) in [7, 11) is 0. The van der Waals surface area contributed by atoms with Crippen LogP contribution in [0.4, 0.5) is 11.4 Å². The van der Waals surface area contributed by atoms with Crippen LogP contribution in [0.25, 0.3) is 0 Å². The molecule has 2 aromatic carbocycles. The van der Waals surface area contributed by atoms with Gasteiger partial charge in [-0.05, 0) is 30.3 Å². The Morgan fingerprint density at radius 3 is 2.48 bits per heavy atom. The highest BCUT2D eigenvalue weighted by Gasteiger charge is 2.12. The molecule has 0 radical (unpaired) electrons. The van der Waals surface area contributed by atoms with Gasteiger partial charge in [0.25, 0.3) is 5.69 Å². The van der Waals surface area contributed by atoms with Crippen LogP contribution < -0.4 is 5.32 Å². The van der Waals surface area contributed by atoms with Crippen LogP contribution in [-0.2, 0) is 0 Å². The normalized spacial score (nSPS) is 10.7. The second kappa shape index (κ2) is 7.46. The number of carbonyl (C=O) groups is 1. The number of rotatable bonds is 5. The van der Waals surface area contributed by atoms with Crippen LogP contribution in [0.1, 0.15) is 10.4 Å². The fraction of sp³-hybridized carbons (Fsp3) is 0. The third kappa shape index (κ3) is 4.45. The molecule has 2 rings (SSSR count). The lowest BCUT2D eigenvalue weighted by Gasteiger charge is -2.03. The van der Waals surface area contributed by atoms with Crippen molar-refractivity contribution in [2.45, 2.75) is 0 Å². The number of benzene rings is 2. The molecular formula is C15H9Cl3N2O3. The van der Waals surface area contributed by atoms with Gasteiger partial charge >= 0.3 is 0 Å². The Hall–Kier alpha value is -2.08. The van der Waals surface area contributed by atoms with Crippen molar-refractivity contribution in [1.82, 2.24) is 0 Å². The molecular weight excluding hydrogens is 363 g/mol. The molecule has 5 nitrogen and oxygen atoms in total. The minimum absolute atomic E-state index is 0.0357. The lowest BCUT2D eigenvalue weighted by molar-refractivity contribution is -0.384. The minimum Gasteiger partial charge on any atom is -0.361 e. The number of allylic oxidation sites excluding steroid dienone is 1. The fourth-order valence-electron chi connectivity index (χ4n) is 1.74. The third-order valence-corrected chi connectivity index (χ3v) is 3.69. The van der Waals surface area contributed by atoms with Crippen LogP contribution in [0.2, 0.25) is 15.1 Å². The number of nitro benzene ring substituents is 1. The van der Waals surface area contributed by atoms with Crippen LogP contribution in [0, 0.1) is 10.1 Å². The molecule has 0 bridgehead atoms. The summed E-state index contributed by atoms with van der Waals surface area (Å²) >= 11 is 17.4. The van der Waals surface area contributed by atoms with Crippen LogP contribution in [0.5, 0.6) is 0 Å². The van der Waals surface area contributed by atoms with E-state index >= 15 is 0 Å². The molecule has 0 saturated heterocycles. The lowest BCUT2D eigenvalue weighted by Crippen LogP contribution is -1.98. The standard InChI is InChI=1S/C15H9Cl3N2O3/c16-9-1-3-11(13(18)7-9)15(21)5-6-19-10-2-4-12(17)14(8-10)20(22)23/h1-8,19H/b6-5+. The Morgan fingerprint density at radius 2 is 1.83 bits per heavy atom. The van der Waals surface area contributed by atoms with Crippen molar-refractivity contribution < 1.29 is 9.72 Å². The van der Waals surface area contributed by atoms with E-state index in [1.165, 1.54) is 36.5 Å². The molecule has 23 heavy (non-hydrogen) atoms. The maximum absolute atomic E-state index is 12.0. The van der Waals surface area contributed by atoms with E-state index in [1.807, 2.05) is 0 Å². The molecule has 1 N–H and O–H groups in total. The predicted octanol–water partition coefficient (Wildman–Crippen LogP) is 5.36. The first-order valence-electron chi connectivity index (χ1n) is 6.25. The van der Waals surface area contributed by atoms with E-state index in [4.69, 9.17) is 34.8 Å². The van der Waals surface area contributed by atoms with Gasteiger partial charge < -0.3 is 5.32 Å². The molecule has 2 aromatic rings. The number of hydrogen-bond donors (Lipinski definition) is 1. The average Bonchev–Trinajstić information content (AvgIpc) is 2.48. The van der Waals surface area contributed by atoms with Gasteiger partial charge in [-0.1, -0.05) is 34.8 Å². The number of nitrogens with one attached hydrogen (secondary N) is 1. The van der Waals surface area contributed by atoms with Crippen LogP contribution >= 0.6 is 34.8 Å². The lowest BCUT2D eigenvalue weighted by atomic mass is 10.1. The van der Waals surface area contributed by atoms with Gasteiger partial charge in [-0.3, -0.25) is 14.9 Å². The summed E-state index contributed by atoms with van der Waals surface area (Å²) in [6, 6.07) is 8.77. The quantitative estimate of drug-likeness (QED) is 0.332. The number of nitrogens with zero attached hydrogens (tertiary/aromatic N) is 1. The molecule has 0 atom stereocenters. The molecule has 0 heterocycles. The van der Waals surface area contributed by atoms with Crippen molar-refractivity contribution in [2.75, 3.05) is 5.32 Å². The number of hydrogen-bond acceptors (Lipinski definition) is 4. The molecule has 118 valence electrons. The molecule has 0 saturated carbocycles. The summed E-state index contributed by atoms with van der Waals surface area (Å²) in [4.78, 5) is 22.2. The van der Waals surface area contributed by atoms with Crippen molar-refractivity contribution in [1.29, 1.82) is 0 Å². The van der Waals surface area contributed by atoms with Gasteiger partial charge in [-0.15, -0.1) is 0 Å². The highest BCUT2D eigenvalue weighted by Crippen LogP contribution is 2.27. The second-order valence-corrected chi connectivity index (χ2v) is 5.64. The first-order chi connectivity index (χ1) is 10.9. The monoisotopic (exact) mass is 370 g/mol. The summed E-state index contributed by atoms with van der Waals surface area (Å²) in [6.07, 6.45) is 2.62. The van der Waals surface area contributed by atoms with Gasteiger partial charge in [0, 0.05) is 34.6 Å². The maximum Gasteiger partial charge on any atom is 0.289 e. The van der Waals surface area contributed by atoms with Gasteiger partial charge in [0.15, 0.2) is 5.78 Å². The van der Waals surface area contributed by atoms with Gasteiger partial charge in [-0.25, -0.2) is 0 Å². The van der Waals surface area contributed by atoms with E-state index in [0.29, 0.717) is 16.3 Å². The van der Waals surface area contributed by atoms with Crippen LogP contribution in [0.15, 0.2) is 48.7 Å². The molecule has 0 fully saturated rings. The predicted molar refractivity (Wildman–Crippen MR) is 91.7 cm³/mol. The summed E-state index contributed by atoms with van der Waals surface area (Å²) in [5.41, 5.74) is 0.501. The van der Waals surface area contributed by atoms with Crippen LogP contribution in [-0.4, -0.2) is 10.7 Å². The second-order valence-electron chi connectivity index (χ2n) is 4.39. The van der Waals surface area contributed by atoms with Crippen LogP contribution in [0.3, 0.4) is 0 Å². The largest absolute Gasteiger partial charge is 0.361 e. The fourth-order valence-corrected chi connectivity index (χ4v) is 2.42. The zero-order chi connectivity index (χ0) is 17.0. The van der Waals surface area contributed by atoms with E-state index in [0.717, 1.165) is 0 Å². The Kier molecular flexibility index (Phi) is 5.60. The Balaban J connectivity index is 2.11. The number of halogens is 3. The van der Waals surface area contributed by atoms with Gasteiger partial charge in [0.05, 0.1) is 9.95 Å². The zero-order valence-electron chi connectivity index (χ0n) is 11.4. The van der Waals surface area contributed by atoms with Crippen molar-refractivity contribution >= 4 is 52.0 Å². The van der Waals surface area contributed by atoms with Crippen molar-refractivity contribution in [3.8, 4) is 0 Å². The molecule has 0 unspecified atom stereocenters. The number of ketones is 1. The highest BCUT2D eigenvalue weighted by molar-refractivity contribution is 6.37. The molecule has 0 aliphatic carbocycles. The molecule has 0 aromatic heterocycles. The summed E-state index contributed by atoms with van der Waals surface area (Å²) in [5, 5.41) is 14.3. The minimum atomic E-state index is -0.587. The molecule has 0 amide bonds. The number of carbonyl (C=O) groups excluding carboxylic acids is 1. The topological polar surface area (TPSA) is 72.2 Å². The summed E-state index contributed by atoms with van der Waals surface area (Å²) in [5.74, 6) is -0.331. The number of nitro groups is 1. The smallest absolute Gasteiger partial charge is 0.289 e. The zero-order valence-corrected chi connectivity index (χ0v) is 13.7. The molecule has 0 aliphatic rings. The van der Waals surface area contributed by atoms with E-state index in [-0.39, 0.29) is 21.5 Å². The highest BCUT2D eigenvalue weighted by atomic mass is 35.5. The van der Waals surface area contributed by atoms with Crippen molar-refractivity contribution in [3.05, 3.63) is 79.4 Å². The molecule has 0 aliphatic heterocycles. The van der Waals surface area contributed by atoms with Gasteiger partial charge in [-0.2, -0.15) is 0 Å². The van der Waals surface area contributed by atoms with Crippen molar-refractivity contribution in [2.24, 2.45) is 0 Å². The number of anilines is 1. The molecule has 8 heteroatoms. The average molecular weight is 372 g/mol. The van der Waals surface area contributed by atoms with Gasteiger partial charge in [0.1, 0.15) is 5.02 Å². The van der Waals surface area contributed by atoms with E-state index in [2.05, 4.69) is 5.32 Å². The summed E-state index contributed by atoms with van der Waals surface area (Å²) < 4.78 is 0. The third-order valence-electron chi connectivity index (χ3n) is 2.82. The maximum atomic E-state index is 12.0. The first kappa shape index (κ1) is 17.3. The SMILES string of the molecule is O=C(/C=C/Nc1ccc(Cl)c([N+](=O)[O-])c1)c1ccc(Cl)cc1Cl. The van der Waals surface area contributed by atoms with E-state index in [9.17, 15) is 14.9 Å². The van der Waals surface area contributed by atoms with Gasteiger partial charge in [0.2, 0.25) is 0 Å². The van der Waals surface area contributed by atoms with Crippen molar-refractivity contribution in [3.63, 3.8) is 0 Å². The van der Waals surface area contributed by atoms with E-state index in [1.54, 1.807) is 12.1 Å². The van der Waals surface area contributed by atoms with E-state index < -0.39 is 4.92 Å². The molecule has 0 spiro atoms. The summed E-state index contributed by atoms with van der Waals surface area (Å²) in [6.45, 7) is 0.